The molecule has 0 saturated heterocycles. The smallest absolute Gasteiger partial charge is 0.142 e. The number of rotatable bonds is 3. The summed E-state index contributed by atoms with van der Waals surface area (Å²) >= 11 is 11.9. The van der Waals surface area contributed by atoms with E-state index in [1.807, 2.05) is 0 Å². The van der Waals surface area contributed by atoms with Crippen molar-refractivity contribution >= 4 is 23.2 Å². The molecular formula is C14H9Cl2F3. The Balaban J connectivity index is 2.31. The van der Waals surface area contributed by atoms with E-state index in [1.165, 1.54) is 24.3 Å². The second-order valence-electron chi connectivity index (χ2n) is 4.01. The lowest BCUT2D eigenvalue weighted by Crippen LogP contribution is -2.02. The van der Waals surface area contributed by atoms with Gasteiger partial charge in [0.25, 0.3) is 0 Å². The van der Waals surface area contributed by atoms with E-state index in [9.17, 15) is 13.2 Å². The van der Waals surface area contributed by atoms with Crippen LogP contribution in [0.4, 0.5) is 13.2 Å². The SMILES string of the molecule is Fc1cccc(C(Cl)Cc2c(F)cccc2F)c1Cl. The Hall–Kier alpha value is -1.19. The molecule has 1 atom stereocenters. The summed E-state index contributed by atoms with van der Waals surface area (Å²) in [6, 6.07) is 7.74. The molecule has 100 valence electrons. The molecule has 0 N–H and O–H groups in total. The van der Waals surface area contributed by atoms with Crippen LogP contribution in [0, 0.1) is 17.5 Å². The minimum absolute atomic E-state index is 0.108. The molecule has 5 heteroatoms. The van der Waals surface area contributed by atoms with Gasteiger partial charge < -0.3 is 0 Å². The average molecular weight is 305 g/mol. The van der Waals surface area contributed by atoms with Gasteiger partial charge in [0.1, 0.15) is 17.5 Å². The molecule has 2 aromatic carbocycles. The van der Waals surface area contributed by atoms with E-state index in [0.29, 0.717) is 5.56 Å². The van der Waals surface area contributed by atoms with Crippen molar-refractivity contribution in [2.75, 3.05) is 0 Å². The molecule has 0 aliphatic carbocycles. The molecule has 2 rings (SSSR count). The highest BCUT2D eigenvalue weighted by Crippen LogP contribution is 2.33. The van der Waals surface area contributed by atoms with E-state index in [4.69, 9.17) is 23.2 Å². The fourth-order valence-electron chi connectivity index (χ4n) is 1.78. The monoisotopic (exact) mass is 304 g/mol. The molecule has 19 heavy (non-hydrogen) atoms. The second-order valence-corrected chi connectivity index (χ2v) is 4.92. The third kappa shape index (κ3) is 3.04. The summed E-state index contributed by atoms with van der Waals surface area (Å²) < 4.78 is 40.3. The van der Waals surface area contributed by atoms with Crippen LogP contribution in [0.2, 0.25) is 5.02 Å². The Morgan fingerprint density at radius 1 is 0.895 bits per heavy atom. The fourth-order valence-corrected chi connectivity index (χ4v) is 2.43. The predicted octanol–water partition coefficient (Wildman–Crippen LogP) is 5.28. The van der Waals surface area contributed by atoms with Gasteiger partial charge in [-0.05, 0) is 30.2 Å². The van der Waals surface area contributed by atoms with Crippen molar-refractivity contribution in [3.8, 4) is 0 Å². The lowest BCUT2D eigenvalue weighted by molar-refractivity contribution is 0.552. The van der Waals surface area contributed by atoms with E-state index in [1.54, 1.807) is 0 Å². The third-order valence-electron chi connectivity index (χ3n) is 2.76. The highest BCUT2D eigenvalue weighted by Gasteiger charge is 2.18. The van der Waals surface area contributed by atoms with Crippen molar-refractivity contribution in [2.24, 2.45) is 0 Å². The first-order chi connectivity index (χ1) is 9.00. The zero-order valence-corrected chi connectivity index (χ0v) is 11.2. The zero-order chi connectivity index (χ0) is 14.0. The molecule has 0 spiro atoms. The van der Waals surface area contributed by atoms with Crippen LogP contribution < -0.4 is 0 Å². The zero-order valence-electron chi connectivity index (χ0n) is 9.64. The van der Waals surface area contributed by atoms with Crippen LogP contribution in [-0.2, 0) is 6.42 Å². The highest BCUT2D eigenvalue weighted by molar-refractivity contribution is 6.33. The molecule has 0 fully saturated rings. The first-order valence-electron chi connectivity index (χ1n) is 5.51. The van der Waals surface area contributed by atoms with E-state index >= 15 is 0 Å². The number of hydrogen-bond donors (Lipinski definition) is 0. The summed E-state index contributed by atoms with van der Waals surface area (Å²) in [5.41, 5.74) is 0.175. The summed E-state index contributed by atoms with van der Waals surface area (Å²) in [6.45, 7) is 0. The average Bonchev–Trinajstić information content (AvgIpc) is 2.37. The Morgan fingerprint density at radius 2 is 1.42 bits per heavy atom. The number of alkyl halides is 1. The first kappa shape index (κ1) is 14.2. The van der Waals surface area contributed by atoms with E-state index in [-0.39, 0.29) is 17.0 Å². The van der Waals surface area contributed by atoms with Gasteiger partial charge in [-0.15, -0.1) is 11.6 Å². The minimum Gasteiger partial charge on any atom is -0.207 e. The molecule has 0 amide bonds. The quantitative estimate of drug-likeness (QED) is 0.677. The van der Waals surface area contributed by atoms with Crippen LogP contribution in [0.5, 0.6) is 0 Å². The molecule has 0 saturated carbocycles. The van der Waals surface area contributed by atoms with Crippen molar-refractivity contribution in [2.45, 2.75) is 11.8 Å². The molecule has 0 aromatic heterocycles. The standard InChI is InChI=1S/C14H9Cl2F3/c15-10(8-3-1-6-13(19)14(8)16)7-9-11(17)4-2-5-12(9)18/h1-6,10H,7H2. The van der Waals surface area contributed by atoms with Gasteiger partial charge >= 0.3 is 0 Å². The van der Waals surface area contributed by atoms with Gasteiger partial charge in [0.05, 0.1) is 10.4 Å². The maximum absolute atomic E-state index is 13.5. The third-order valence-corrected chi connectivity index (χ3v) is 3.55. The van der Waals surface area contributed by atoms with Crippen LogP contribution in [0.25, 0.3) is 0 Å². The Kier molecular flexibility index (Phi) is 4.38. The van der Waals surface area contributed by atoms with Crippen molar-refractivity contribution in [3.05, 3.63) is 70.0 Å². The largest absolute Gasteiger partial charge is 0.207 e. The number of benzene rings is 2. The van der Waals surface area contributed by atoms with Crippen LogP contribution in [0.3, 0.4) is 0 Å². The topological polar surface area (TPSA) is 0 Å². The normalized spacial score (nSPS) is 12.5. The minimum atomic E-state index is -0.811. The van der Waals surface area contributed by atoms with Crippen LogP contribution in [-0.4, -0.2) is 0 Å². The number of hydrogen-bond acceptors (Lipinski definition) is 0. The van der Waals surface area contributed by atoms with E-state index < -0.39 is 22.8 Å². The first-order valence-corrected chi connectivity index (χ1v) is 6.33. The van der Waals surface area contributed by atoms with Crippen LogP contribution in [0.15, 0.2) is 36.4 Å². The summed E-state index contributed by atoms with van der Waals surface area (Å²) in [6.07, 6.45) is -0.108. The summed E-state index contributed by atoms with van der Waals surface area (Å²) in [5, 5.41) is -0.936. The van der Waals surface area contributed by atoms with Gasteiger partial charge in [0.15, 0.2) is 0 Å². The number of halogens is 5. The van der Waals surface area contributed by atoms with Gasteiger partial charge in [-0.25, -0.2) is 13.2 Å². The highest BCUT2D eigenvalue weighted by atomic mass is 35.5. The maximum atomic E-state index is 13.5. The summed E-state index contributed by atoms with van der Waals surface area (Å²) in [4.78, 5) is 0. The molecule has 0 nitrogen and oxygen atoms in total. The van der Waals surface area contributed by atoms with Gasteiger partial charge in [0, 0.05) is 5.56 Å². The predicted molar refractivity (Wildman–Crippen MR) is 70.1 cm³/mol. The van der Waals surface area contributed by atoms with Crippen LogP contribution >= 0.6 is 23.2 Å². The van der Waals surface area contributed by atoms with Crippen molar-refractivity contribution in [3.63, 3.8) is 0 Å². The second kappa shape index (κ2) is 5.85. The molecule has 0 aliphatic rings. The fraction of sp³-hybridized carbons (Fsp3) is 0.143. The van der Waals surface area contributed by atoms with Gasteiger partial charge in [0.2, 0.25) is 0 Å². The van der Waals surface area contributed by atoms with E-state index in [0.717, 1.165) is 12.1 Å². The van der Waals surface area contributed by atoms with Crippen molar-refractivity contribution in [1.29, 1.82) is 0 Å². The Morgan fingerprint density at radius 3 is 2.05 bits per heavy atom. The molecule has 0 radical (unpaired) electrons. The summed E-state index contributed by atoms with van der Waals surface area (Å²) in [7, 11) is 0. The molecule has 2 aromatic rings. The molecular weight excluding hydrogens is 296 g/mol. The lowest BCUT2D eigenvalue weighted by Gasteiger charge is -2.13. The Bertz CT molecular complexity index is 579. The molecule has 0 heterocycles. The van der Waals surface area contributed by atoms with Crippen molar-refractivity contribution < 1.29 is 13.2 Å². The van der Waals surface area contributed by atoms with Gasteiger partial charge in [-0.3, -0.25) is 0 Å². The summed E-state index contributed by atoms with van der Waals surface area (Å²) in [5.74, 6) is -1.98. The molecule has 0 bridgehead atoms. The lowest BCUT2D eigenvalue weighted by atomic mass is 10.0. The van der Waals surface area contributed by atoms with Crippen LogP contribution in [0.1, 0.15) is 16.5 Å². The van der Waals surface area contributed by atoms with Gasteiger partial charge in [-0.2, -0.15) is 0 Å². The molecule has 0 aliphatic heterocycles. The van der Waals surface area contributed by atoms with E-state index in [2.05, 4.69) is 0 Å². The maximum Gasteiger partial charge on any atom is 0.142 e. The molecule has 1 unspecified atom stereocenters. The van der Waals surface area contributed by atoms with Gasteiger partial charge in [-0.1, -0.05) is 29.8 Å². The Labute approximate surface area is 118 Å². The van der Waals surface area contributed by atoms with Crippen molar-refractivity contribution in [1.82, 2.24) is 0 Å².